The average molecular weight is 883 g/mol. The van der Waals surface area contributed by atoms with Gasteiger partial charge < -0.3 is 39.5 Å². The van der Waals surface area contributed by atoms with Crippen molar-refractivity contribution in [1.29, 1.82) is 5.26 Å². The minimum Gasteiger partial charge on any atom is -0.459 e. The highest BCUT2D eigenvalue weighted by Crippen LogP contribution is 2.62. The Hall–Kier alpha value is -6.00. The van der Waals surface area contributed by atoms with Crippen LogP contribution in [-0.4, -0.2) is 76.6 Å². The molecule has 12 nitrogen and oxygen atoms in total. The third-order valence-electron chi connectivity index (χ3n) is 12.7. The molecule has 2 amide bonds. The molecule has 12 heteroatoms. The number of nitriles is 1. The Balaban J connectivity index is 1.52. The summed E-state index contributed by atoms with van der Waals surface area (Å²) in [6, 6.07) is 27.6. The van der Waals surface area contributed by atoms with Gasteiger partial charge in [-0.25, -0.2) is 4.79 Å². The molecule has 2 aliphatic carbocycles. The minimum absolute atomic E-state index is 0.0102. The molecule has 65 heavy (non-hydrogen) atoms. The number of aliphatic hydroxyl groups excluding tert-OH is 2. The standard InChI is InChI=1S/C53H62N4O8/c1-6-29-62-53-47(57(50(60)37-23-21-35(33-54)22-24-37)34-39-18-14-17-36-15-8-9-19-41(36)39)32-45(56-65-52(3,4)5)43-30-38(16-10-12-27-58)42(20-11-13-28-59)48(49(43)53)44-31-40(25-26-46(44)64-53)63-51(61)55-7-2/h6,8-9,14-15,17-19,21-26,30-31,38,42,47-49,58-59H,1,7,10-13,16,20,27-29,32,34H2,2-5H3,(H,55,61)/t38-,42+,47-,48+,49+,53+/m0/s1. The number of ether oxygens (including phenoxy) is 3. The molecule has 7 rings (SSSR count). The van der Waals surface area contributed by atoms with Crippen molar-refractivity contribution in [3.05, 3.63) is 131 Å². The van der Waals surface area contributed by atoms with Crippen LogP contribution in [0.3, 0.4) is 0 Å². The van der Waals surface area contributed by atoms with Crippen molar-refractivity contribution in [2.75, 3.05) is 26.4 Å². The van der Waals surface area contributed by atoms with Gasteiger partial charge in [0.25, 0.3) is 5.91 Å². The molecular weight excluding hydrogens is 821 g/mol. The van der Waals surface area contributed by atoms with Crippen molar-refractivity contribution in [1.82, 2.24) is 10.2 Å². The quantitative estimate of drug-likeness (QED) is 0.0502. The van der Waals surface area contributed by atoms with Gasteiger partial charge in [0.15, 0.2) is 0 Å². The van der Waals surface area contributed by atoms with Gasteiger partial charge in [-0.2, -0.15) is 5.26 Å². The first-order chi connectivity index (χ1) is 31.4. The van der Waals surface area contributed by atoms with E-state index in [-0.39, 0.29) is 56.4 Å². The third kappa shape index (κ3) is 10.3. The van der Waals surface area contributed by atoms with E-state index in [4.69, 9.17) is 24.2 Å². The zero-order chi connectivity index (χ0) is 46.1. The van der Waals surface area contributed by atoms with Crippen LogP contribution >= 0.6 is 0 Å². The molecule has 3 aliphatic rings. The maximum atomic E-state index is 15.6. The monoisotopic (exact) mass is 882 g/mol. The van der Waals surface area contributed by atoms with Gasteiger partial charge in [-0.05, 0) is 130 Å². The molecular formula is C53H62N4O8. The van der Waals surface area contributed by atoms with Crippen LogP contribution < -0.4 is 14.8 Å². The zero-order valence-electron chi connectivity index (χ0n) is 38.0. The Morgan fingerprint density at radius 1 is 1.00 bits per heavy atom. The van der Waals surface area contributed by atoms with E-state index in [2.05, 4.69) is 42.2 Å². The number of hydrogen-bond acceptors (Lipinski definition) is 10. The van der Waals surface area contributed by atoms with Crippen molar-refractivity contribution >= 4 is 28.5 Å². The van der Waals surface area contributed by atoms with E-state index in [1.165, 1.54) is 0 Å². The number of amides is 2. The van der Waals surface area contributed by atoms with Crippen molar-refractivity contribution in [2.45, 2.75) is 103 Å². The predicted molar refractivity (Wildman–Crippen MR) is 250 cm³/mol. The number of carbonyl (C=O) groups excluding carboxylic acids is 2. The number of nitrogens with one attached hydrogen (secondary N) is 1. The summed E-state index contributed by atoms with van der Waals surface area (Å²) in [4.78, 5) is 36.6. The molecule has 1 heterocycles. The van der Waals surface area contributed by atoms with Crippen LogP contribution in [0.15, 0.2) is 114 Å². The SMILES string of the molecule is C=CCO[C@@]12Oc3ccc(OC(=O)NCC)cc3[C@H]3[C@H](CCCCO)[C@@H](CCCCO)C=C(C(=NOC(C)(C)C)C[C@@H]1N(Cc1cccc4ccccc14)C(=O)c1ccc(C#N)cc1)[C@H]32. The Morgan fingerprint density at radius 2 is 1.74 bits per heavy atom. The first kappa shape index (κ1) is 47.0. The van der Waals surface area contributed by atoms with Gasteiger partial charge in [0.2, 0.25) is 5.79 Å². The van der Waals surface area contributed by atoms with Gasteiger partial charge in [0, 0.05) is 49.8 Å². The topological polar surface area (TPSA) is 163 Å². The number of allylic oxidation sites excluding steroid dienone is 1. The molecule has 4 aromatic carbocycles. The Morgan fingerprint density at radius 3 is 2.45 bits per heavy atom. The number of oxime groups is 1. The molecule has 0 radical (unpaired) electrons. The number of unbranched alkanes of at least 4 members (excludes halogenated alkanes) is 2. The molecule has 1 fully saturated rings. The summed E-state index contributed by atoms with van der Waals surface area (Å²) in [6.07, 6.45) is 7.93. The summed E-state index contributed by atoms with van der Waals surface area (Å²) in [5, 5.41) is 39.4. The molecule has 0 saturated heterocycles. The smallest absolute Gasteiger partial charge is 0.412 e. The molecule has 0 aromatic heterocycles. The van der Waals surface area contributed by atoms with Crippen molar-refractivity contribution in [2.24, 2.45) is 22.9 Å². The Bertz CT molecular complexity index is 2430. The molecule has 1 aliphatic heterocycles. The van der Waals surface area contributed by atoms with E-state index in [9.17, 15) is 20.3 Å². The van der Waals surface area contributed by atoms with E-state index in [1.54, 1.807) is 36.4 Å². The van der Waals surface area contributed by atoms with E-state index >= 15 is 4.79 Å². The summed E-state index contributed by atoms with van der Waals surface area (Å²) < 4.78 is 20.5. The first-order valence-electron chi connectivity index (χ1n) is 22.9. The van der Waals surface area contributed by atoms with Gasteiger partial charge in [0.1, 0.15) is 23.1 Å². The molecule has 1 saturated carbocycles. The van der Waals surface area contributed by atoms with E-state index < -0.39 is 29.4 Å². The number of hydrogen-bond donors (Lipinski definition) is 3. The Labute approximate surface area is 382 Å². The molecule has 6 atom stereocenters. The highest BCUT2D eigenvalue weighted by Gasteiger charge is 2.65. The molecule has 0 spiro atoms. The van der Waals surface area contributed by atoms with Gasteiger partial charge in [0.05, 0.1) is 29.9 Å². The highest BCUT2D eigenvalue weighted by atomic mass is 16.7. The van der Waals surface area contributed by atoms with Crippen molar-refractivity contribution < 1.29 is 38.9 Å². The number of rotatable bonds is 18. The molecule has 3 N–H and O–H groups in total. The van der Waals surface area contributed by atoms with Crippen LogP contribution in [0, 0.1) is 29.1 Å². The first-order valence-corrected chi connectivity index (χ1v) is 22.9. The van der Waals surface area contributed by atoms with Crippen LogP contribution in [0.2, 0.25) is 0 Å². The minimum atomic E-state index is -1.53. The lowest BCUT2D eigenvalue weighted by molar-refractivity contribution is -0.255. The number of carbonyl (C=O) groups is 2. The maximum Gasteiger partial charge on any atom is 0.412 e. The summed E-state index contributed by atoms with van der Waals surface area (Å²) >= 11 is 0. The number of nitrogens with zero attached hydrogens (tertiary/aromatic N) is 3. The summed E-state index contributed by atoms with van der Waals surface area (Å²) in [6.45, 7) is 12.5. The number of benzene rings is 4. The number of fused-ring (bicyclic) bond motifs is 3. The van der Waals surface area contributed by atoms with Gasteiger partial charge in [-0.3, -0.25) is 4.79 Å². The van der Waals surface area contributed by atoms with Crippen LogP contribution in [-0.2, 0) is 16.1 Å². The van der Waals surface area contributed by atoms with Gasteiger partial charge in [-0.15, -0.1) is 6.58 Å². The van der Waals surface area contributed by atoms with Crippen LogP contribution in [0.4, 0.5) is 4.79 Å². The van der Waals surface area contributed by atoms with E-state index in [1.807, 2.05) is 69.0 Å². The predicted octanol–water partition coefficient (Wildman–Crippen LogP) is 9.59. The largest absolute Gasteiger partial charge is 0.459 e. The third-order valence-corrected chi connectivity index (χ3v) is 12.7. The number of aliphatic hydroxyl groups is 2. The normalized spacial score (nSPS) is 22.7. The highest BCUT2D eigenvalue weighted by molar-refractivity contribution is 6.03. The summed E-state index contributed by atoms with van der Waals surface area (Å²) in [5.74, 6) is -1.86. The van der Waals surface area contributed by atoms with Crippen LogP contribution in [0.5, 0.6) is 11.5 Å². The molecule has 4 aromatic rings. The molecule has 0 bridgehead atoms. The second-order valence-corrected chi connectivity index (χ2v) is 18.2. The molecule has 0 unspecified atom stereocenters. The fraction of sp³-hybridized carbons (Fsp3) is 0.434. The maximum absolute atomic E-state index is 15.6. The van der Waals surface area contributed by atoms with E-state index in [0.717, 1.165) is 53.2 Å². The molecule has 342 valence electrons. The second-order valence-electron chi connectivity index (χ2n) is 18.2. The second kappa shape index (κ2) is 20.9. The van der Waals surface area contributed by atoms with Gasteiger partial charge in [-0.1, -0.05) is 72.6 Å². The van der Waals surface area contributed by atoms with Crippen LogP contribution in [0.25, 0.3) is 10.8 Å². The fourth-order valence-corrected chi connectivity index (χ4v) is 9.98. The van der Waals surface area contributed by atoms with Gasteiger partial charge >= 0.3 is 6.09 Å². The average Bonchev–Trinajstić information content (AvgIpc) is 3.30. The van der Waals surface area contributed by atoms with Crippen molar-refractivity contribution in [3.63, 3.8) is 0 Å². The van der Waals surface area contributed by atoms with Crippen molar-refractivity contribution in [3.8, 4) is 17.6 Å². The van der Waals surface area contributed by atoms with E-state index in [0.29, 0.717) is 47.7 Å². The summed E-state index contributed by atoms with van der Waals surface area (Å²) in [7, 11) is 0. The summed E-state index contributed by atoms with van der Waals surface area (Å²) in [5.41, 5.74) is 3.48. The fourth-order valence-electron chi connectivity index (χ4n) is 9.98. The lowest BCUT2D eigenvalue weighted by Gasteiger charge is -2.60. The lowest BCUT2D eigenvalue weighted by Crippen LogP contribution is -2.70. The zero-order valence-corrected chi connectivity index (χ0v) is 38.0. The van der Waals surface area contributed by atoms with Crippen LogP contribution in [0.1, 0.15) is 106 Å². The lowest BCUT2D eigenvalue weighted by atomic mass is 9.55. The Kier molecular flexibility index (Phi) is 15.1.